The second kappa shape index (κ2) is 8.63. The molecule has 9 heteroatoms. The fraction of sp³-hybridized carbons (Fsp3) is 0.286. The molecule has 0 aliphatic carbocycles. The minimum Gasteiger partial charge on any atom is -0.320 e. The molecule has 3 heterocycles. The van der Waals surface area contributed by atoms with Crippen LogP contribution in [-0.4, -0.2) is 41.7 Å². The van der Waals surface area contributed by atoms with Gasteiger partial charge in [0.15, 0.2) is 0 Å². The molecule has 1 N–H and O–H groups in total. The fourth-order valence-corrected chi connectivity index (χ4v) is 6.03. The zero-order chi connectivity index (χ0) is 21.1. The van der Waals surface area contributed by atoms with Gasteiger partial charge in [0, 0.05) is 19.3 Å². The Bertz CT molecular complexity index is 1150. The fourth-order valence-electron chi connectivity index (χ4n) is 3.42. The molecule has 0 bridgehead atoms. The van der Waals surface area contributed by atoms with Crippen LogP contribution in [0, 0.1) is 6.92 Å². The normalized spacial score (nSPS) is 15.1. The molecule has 30 heavy (non-hydrogen) atoms. The average molecular weight is 443 g/mol. The van der Waals surface area contributed by atoms with Gasteiger partial charge in [-0.2, -0.15) is 4.31 Å². The molecular formula is C21H22N4O3S2. The number of nitrogens with zero attached hydrogens (tertiary/aromatic N) is 3. The lowest BCUT2D eigenvalue weighted by molar-refractivity contribution is 0.102. The monoisotopic (exact) mass is 442 g/mol. The molecule has 1 aliphatic heterocycles. The number of aryl methyl sites for hydroxylation is 1. The number of carbonyl (C=O) groups is 1. The summed E-state index contributed by atoms with van der Waals surface area (Å²) in [6.45, 7) is 2.77. The number of nitrogens with one attached hydrogen (secondary N) is 1. The summed E-state index contributed by atoms with van der Waals surface area (Å²) in [5, 5.41) is 3.43. The number of sulfonamides is 1. The lowest BCUT2D eigenvalue weighted by Gasteiger charge is -2.26. The average Bonchev–Trinajstić information content (AvgIpc) is 3.17. The van der Waals surface area contributed by atoms with Crippen LogP contribution in [0.2, 0.25) is 0 Å². The van der Waals surface area contributed by atoms with Gasteiger partial charge < -0.3 is 5.32 Å². The van der Waals surface area contributed by atoms with Crippen molar-refractivity contribution in [2.75, 3.05) is 18.4 Å². The van der Waals surface area contributed by atoms with E-state index >= 15 is 0 Å². The van der Waals surface area contributed by atoms with E-state index in [0.29, 0.717) is 34.4 Å². The third-order valence-electron chi connectivity index (χ3n) is 4.95. The Morgan fingerprint density at radius 1 is 1.07 bits per heavy atom. The van der Waals surface area contributed by atoms with E-state index in [1.165, 1.54) is 15.6 Å². The van der Waals surface area contributed by atoms with Crippen molar-refractivity contribution in [3.05, 3.63) is 59.2 Å². The molecule has 3 aromatic rings. The Morgan fingerprint density at radius 2 is 1.80 bits per heavy atom. The third kappa shape index (κ3) is 4.14. The van der Waals surface area contributed by atoms with Gasteiger partial charge in [-0.05, 0) is 44.0 Å². The van der Waals surface area contributed by atoms with Crippen LogP contribution in [0.15, 0.2) is 53.6 Å². The van der Waals surface area contributed by atoms with E-state index in [0.717, 1.165) is 19.3 Å². The molecule has 4 rings (SSSR count). The standard InChI is InChI=1S/C21H22N4O3S2/c1-15-19(29-21(23-15)17-10-5-6-12-22-17)20(26)24-16-9-3-4-11-18(16)30(27,28)25-13-7-2-8-14-25/h3-6,9-12H,2,7-8,13-14H2,1H3,(H,24,26). The first-order chi connectivity index (χ1) is 14.5. The minimum absolute atomic E-state index is 0.118. The maximum atomic E-state index is 13.1. The number of anilines is 1. The second-order valence-corrected chi connectivity index (χ2v) is 9.97. The van der Waals surface area contributed by atoms with Crippen LogP contribution >= 0.6 is 11.3 Å². The van der Waals surface area contributed by atoms with Crippen LogP contribution < -0.4 is 5.32 Å². The molecule has 0 spiro atoms. The molecule has 7 nitrogen and oxygen atoms in total. The Kier molecular flexibility index (Phi) is 5.94. The first-order valence-corrected chi connectivity index (χ1v) is 12.0. The molecule has 0 unspecified atom stereocenters. The molecule has 0 radical (unpaired) electrons. The summed E-state index contributed by atoms with van der Waals surface area (Å²) < 4.78 is 27.8. The molecule has 0 atom stereocenters. The largest absolute Gasteiger partial charge is 0.320 e. The molecule has 1 aliphatic rings. The molecule has 156 valence electrons. The molecule has 2 aromatic heterocycles. The van der Waals surface area contributed by atoms with Crippen molar-refractivity contribution >= 4 is 33.0 Å². The number of hydrogen-bond acceptors (Lipinski definition) is 6. The number of aromatic nitrogens is 2. The van der Waals surface area contributed by atoms with Gasteiger partial charge in [-0.15, -0.1) is 11.3 Å². The number of hydrogen-bond donors (Lipinski definition) is 1. The highest BCUT2D eigenvalue weighted by Crippen LogP contribution is 2.30. The SMILES string of the molecule is Cc1nc(-c2ccccn2)sc1C(=O)Nc1ccccc1S(=O)(=O)N1CCCCC1. The van der Waals surface area contributed by atoms with Crippen LogP contribution in [0.25, 0.3) is 10.7 Å². The number of piperidine rings is 1. The quantitative estimate of drug-likeness (QED) is 0.646. The zero-order valence-corrected chi connectivity index (χ0v) is 18.2. The summed E-state index contributed by atoms with van der Waals surface area (Å²) in [4.78, 5) is 22.2. The van der Waals surface area contributed by atoms with E-state index in [2.05, 4.69) is 15.3 Å². The highest BCUT2D eigenvalue weighted by molar-refractivity contribution is 7.89. The van der Waals surface area contributed by atoms with Crippen molar-refractivity contribution < 1.29 is 13.2 Å². The number of amides is 1. The van der Waals surface area contributed by atoms with Crippen molar-refractivity contribution in [3.63, 3.8) is 0 Å². The van der Waals surface area contributed by atoms with Gasteiger partial charge in [0.2, 0.25) is 10.0 Å². The molecule has 1 aromatic carbocycles. The Hall–Kier alpha value is -2.62. The highest BCUT2D eigenvalue weighted by Gasteiger charge is 2.29. The van der Waals surface area contributed by atoms with Gasteiger partial charge in [0.25, 0.3) is 5.91 Å². The van der Waals surface area contributed by atoms with Crippen LogP contribution in [0.5, 0.6) is 0 Å². The lowest BCUT2D eigenvalue weighted by Crippen LogP contribution is -2.36. The molecular weight excluding hydrogens is 420 g/mol. The molecule has 1 fully saturated rings. The van der Waals surface area contributed by atoms with Gasteiger partial charge in [0.05, 0.1) is 17.1 Å². The van der Waals surface area contributed by atoms with Crippen LogP contribution in [0.4, 0.5) is 5.69 Å². The van der Waals surface area contributed by atoms with E-state index < -0.39 is 10.0 Å². The molecule has 0 saturated carbocycles. The molecule has 1 amide bonds. The highest BCUT2D eigenvalue weighted by atomic mass is 32.2. The van der Waals surface area contributed by atoms with E-state index in [9.17, 15) is 13.2 Å². The summed E-state index contributed by atoms with van der Waals surface area (Å²) in [6, 6.07) is 12.1. The van der Waals surface area contributed by atoms with Crippen molar-refractivity contribution in [1.82, 2.24) is 14.3 Å². The van der Waals surface area contributed by atoms with Crippen LogP contribution in [-0.2, 0) is 10.0 Å². The second-order valence-electron chi connectivity index (χ2n) is 7.06. The van der Waals surface area contributed by atoms with Gasteiger partial charge in [-0.1, -0.05) is 24.6 Å². The number of para-hydroxylation sites is 1. The van der Waals surface area contributed by atoms with Crippen molar-refractivity contribution in [1.29, 1.82) is 0 Å². The zero-order valence-electron chi connectivity index (χ0n) is 16.5. The Morgan fingerprint density at radius 3 is 2.53 bits per heavy atom. The van der Waals surface area contributed by atoms with E-state index in [4.69, 9.17) is 0 Å². The first kappa shape index (κ1) is 20.6. The maximum Gasteiger partial charge on any atom is 0.267 e. The van der Waals surface area contributed by atoms with E-state index in [1.54, 1.807) is 37.4 Å². The number of carbonyl (C=O) groups excluding carboxylic acids is 1. The number of benzene rings is 1. The summed E-state index contributed by atoms with van der Waals surface area (Å²) in [5.41, 5.74) is 1.55. The topological polar surface area (TPSA) is 92.3 Å². The Balaban J connectivity index is 1.61. The van der Waals surface area contributed by atoms with Crippen LogP contribution in [0.1, 0.15) is 34.6 Å². The van der Waals surface area contributed by atoms with Crippen LogP contribution in [0.3, 0.4) is 0 Å². The van der Waals surface area contributed by atoms with E-state index in [-0.39, 0.29) is 16.5 Å². The maximum absolute atomic E-state index is 13.1. The van der Waals surface area contributed by atoms with E-state index in [1.807, 2.05) is 18.2 Å². The summed E-state index contributed by atoms with van der Waals surface area (Å²) in [6.07, 6.45) is 4.41. The Labute approximate surface area is 179 Å². The smallest absolute Gasteiger partial charge is 0.267 e. The molecule has 1 saturated heterocycles. The van der Waals surface area contributed by atoms with Gasteiger partial charge >= 0.3 is 0 Å². The number of rotatable bonds is 5. The number of pyridine rings is 1. The summed E-state index contributed by atoms with van der Waals surface area (Å²) in [7, 11) is -3.67. The predicted molar refractivity (Wildman–Crippen MR) is 117 cm³/mol. The first-order valence-electron chi connectivity index (χ1n) is 9.76. The summed E-state index contributed by atoms with van der Waals surface area (Å²) in [5.74, 6) is -0.381. The lowest BCUT2D eigenvalue weighted by atomic mass is 10.2. The predicted octanol–water partition coefficient (Wildman–Crippen LogP) is 3.94. The van der Waals surface area contributed by atoms with Gasteiger partial charge in [-0.25, -0.2) is 13.4 Å². The minimum atomic E-state index is -3.67. The van der Waals surface area contributed by atoms with Crippen molar-refractivity contribution in [3.8, 4) is 10.7 Å². The summed E-state index contributed by atoms with van der Waals surface area (Å²) >= 11 is 1.24. The third-order valence-corrected chi connectivity index (χ3v) is 8.09. The van der Waals surface area contributed by atoms with Crippen molar-refractivity contribution in [2.24, 2.45) is 0 Å². The van der Waals surface area contributed by atoms with Gasteiger partial charge in [0.1, 0.15) is 14.8 Å². The van der Waals surface area contributed by atoms with Crippen molar-refractivity contribution in [2.45, 2.75) is 31.1 Å². The van der Waals surface area contributed by atoms with Gasteiger partial charge in [-0.3, -0.25) is 9.78 Å². The number of thiazole rings is 1.